The Balaban J connectivity index is 2.39. The fourth-order valence-electron chi connectivity index (χ4n) is 1.66. The van der Waals surface area contributed by atoms with Gasteiger partial charge >= 0.3 is 5.97 Å². The van der Waals surface area contributed by atoms with Gasteiger partial charge in [-0.1, -0.05) is 29.6 Å². The van der Waals surface area contributed by atoms with E-state index >= 15 is 0 Å². The molecule has 0 spiro atoms. The zero-order valence-corrected chi connectivity index (χ0v) is 13.0. The molecule has 2 rings (SSSR count). The average molecular weight is 306 g/mol. The van der Waals surface area contributed by atoms with E-state index in [0.29, 0.717) is 9.92 Å². The molecule has 0 saturated heterocycles. The van der Waals surface area contributed by atoms with Gasteiger partial charge in [0.25, 0.3) is 0 Å². The number of fused-ring (bicyclic) bond motifs is 1. The van der Waals surface area contributed by atoms with Gasteiger partial charge in [0.1, 0.15) is 6.07 Å². The lowest BCUT2D eigenvalue weighted by Gasteiger charge is -2.07. The zero-order chi connectivity index (χ0) is 14.9. The highest BCUT2D eigenvalue weighted by atomic mass is 32.2. The van der Waals surface area contributed by atoms with Gasteiger partial charge in [-0.2, -0.15) is 5.26 Å². The Morgan fingerprint density at radius 1 is 1.35 bits per heavy atom. The van der Waals surface area contributed by atoms with Crippen molar-refractivity contribution in [2.45, 2.75) is 36.7 Å². The van der Waals surface area contributed by atoms with Crippen molar-refractivity contribution in [3.8, 4) is 6.07 Å². The van der Waals surface area contributed by atoms with E-state index in [1.807, 2.05) is 25.1 Å². The number of hydrogen-bond acceptors (Lipinski definition) is 6. The number of anilines is 1. The molecule has 0 fully saturated rings. The van der Waals surface area contributed by atoms with Crippen LogP contribution in [0.5, 0.6) is 0 Å². The lowest BCUT2D eigenvalue weighted by atomic mass is 10.2. The Bertz CT molecular complexity index is 612. The molecule has 1 heterocycles. The Hall–Kier alpha value is -1.58. The van der Waals surface area contributed by atoms with Crippen molar-refractivity contribution in [1.82, 2.24) is 0 Å². The molecule has 20 heavy (non-hydrogen) atoms. The largest absolute Gasteiger partial charge is 0.459 e. The third-order valence-corrected chi connectivity index (χ3v) is 5.37. The van der Waals surface area contributed by atoms with Crippen LogP contribution in [-0.2, 0) is 9.53 Å². The van der Waals surface area contributed by atoms with E-state index in [1.165, 1.54) is 23.5 Å². The topological polar surface area (TPSA) is 76.1 Å². The number of hydrogen-bond donors (Lipinski definition) is 1. The number of nitriles is 1. The minimum absolute atomic E-state index is 0.0451. The number of benzene rings is 1. The number of ether oxygens (including phenoxy) is 1. The maximum atomic E-state index is 11.9. The smallest absolute Gasteiger partial charge is 0.350 e. The molecule has 2 N–H and O–H groups in total. The SMILES string of the molecule is Cc1ccc(N)c2c1S/C(=C(\C#N)C(=O)OC(C)C)S2. The van der Waals surface area contributed by atoms with E-state index in [9.17, 15) is 10.1 Å². The fraction of sp³-hybridized carbons (Fsp3) is 0.286. The van der Waals surface area contributed by atoms with E-state index < -0.39 is 5.97 Å². The second-order valence-corrected chi connectivity index (χ2v) is 6.86. The van der Waals surface area contributed by atoms with E-state index in [2.05, 4.69) is 0 Å². The molecule has 0 saturated carbocycles. The van der Waals surface area contributed by atoms with E-state index in [1.54, 1.807) is 13.8 Å². The average Bonchev–Trinajstić information content (AvgIpc) is 2.80. The maximum absolute atomic E-state index is 11.9. The van der Waals surface area contributed by atoms with Crippen molar-refractivity contribution in [3.63, 3.8) is 0 Å². The van der Waals surface area contributed by atoms with Crippen LogP contribution in [0.4, 0.5) is 5.69 Å². The van der Waals surface area contributed by atoms with E-state index in [-0.39, 0.29) is 11.7 Å². The molecule has 6 heteroatoms. The lowest BCUT2D eigenvalue weighted by molar-refractivity contribution is -0.142. The number of nitrogens with zero attached hydrogens (tertiary/aromatic N) is 1. The summed E-state index contributed by atoms with van der Waals surface area (Å²) in [6.45, 7) is 5.49. The van der Waals surface area contributed by atoms with Gasteiger partial charge in [0.15, 0.2) is 5.57 Å². The first-order valence-electron chi connectivity index (χ1n) is 6.04. The van der Waals surface area contributed by atoms with Crippen LogP contribution in [0.25, 0.3) is 0 Å². The Kier molecular flexibility index (Phi) is 4.31. The fourth-order valence-corrected chi connectivity index (χ4v) is 4.29. The van der Waals surface area contributed by atoms with Crippen LogP contribution >= 0.6 is 23.5 Å². The first-order valence-corrected chi connectivity index (χ1v) is 7.67. The van der Waals surface area contributed by atoms with Crippen LogP contribution in [0, 0.1) is 18.3 Å². The Morgan fingerprint density at radius 3 is 2.55 bits per heavy atom. The summed E-state index contributed by atoms with van der Waals surface area (Å²) < 4.78 is 5.73. The third kappa shape index (κ3) is 2.79. The number of nitrogens with two attached hydrogens (primary N) is 1. The number of carbonyl (C=O) groups is 1. The second-order valence-electron chi connectivity index (χ2n) is 4.56. The number of thioether (sulfide) groups is 2. The first-order chi connectivity index (χ1) is 9.43. The highest BCUT2D eigenvalue weighted by molar-refractivity contribution is 8.24. The van der Waals surface area contributed by atoms with Gasteiger partial charge in [0.05, 0.1) is 10.3 Å². The molecule has 4 nitrogen and oxygen atoms in total. The van der Waals surface area contributed by atoms with Crippen LogP contribution in [0.2, 0.25) is 0 Å². The number of carbonyl (C=O) groups excluding carboxylic acids is 1. The molecule has 1 aliphatic heterocycles. The first kappa shape index (κ1) is 14.8. The van der Waals surface area contributed by atoms with E-state index in [0.717, 1.165) is 15.4 Å². The van der Waals surface area contributed by atoms with Gasteiger partial charge in [-0.3, -0.25) is 0 Å². The molecule has 0 unspecified atom stereocenters. The van der Waals surface area contributed by atoms with Crippen LogP contribution < -0.4 is 5.73 Å². The highest BCUT2D eigenvalue weighted by Gasteiger charge is 2.28. The summed E-state index contributed by atoms with van der Waals surface area (Å²) in [6.07, 6.45) is -0.253. The van der Waals surface area contributed by atoms with Crippen molar-refractivity contribution in [2.24, 2.45) is 0 Å². The molecular weight excluding hydrogens is 292 g/mol. The summed E-state index contributed by atoms with van der Waals surface area (Å²) in [4.78, 5) is 13.9. The minimum atomic E-state index is -0.582. The molecule has 0 radical (unpaired) electrons. The van der Waals surface area contributed by atoms with Gasteiger partial charge < -0.3 is 10.5 Å². The predicted octanol–water partition coefficient (Wildman–Crippen LogP) is 3.46. The third-order valence-electron chi connectivity index (χ3n) is 2.59. The van der Waals surface area contributed by atoms with Gasteiger partial charge in [-0.15, -0.1) is 0 Å². The number of nitrogen functional groups attached to an aromatic ring is 1. The summed E-state index contributed by atoms with van der Waals surface area (Å²) in [7, 11) is 0. The zero-order valence-electron chi connectivity index (χ0n) is 11.4. The molecule has 0 aliphatic carbocycles. The Morgan fingerprint density at radius 2 is 2.00 bits per heavy atom. The molecule has 0 aromatic heterocycles. The maximum Gasteiger partial charge on any atom is 0.350 e. The molecule has 1 aromatic rings. The van der Waals surface area contributed by atoms with Crippen LogP contribution in [0.3, 0.4) is 0 Å². The summed E-state index contributed by atoms with van der Waals surface area (Å²) in [5.74, 6) is -0.582. The standard InChI is InChI=1S/C14H14N2O2S2/c1-7(2)18-13(17)9(6-15)14-19-11-8(3)4-5-10(16)12(11)20-14/h4-5,7H,16H2,1-3H3/b14-9-. The van der Waals surface area contributed by atoms with Gasteiger partial charge in [-0.25, -0.2) is 4.79 Å². The van der Waals surface area contributed by atoms with Crippen LogP contribution in [-0.4, -0.2) is 12.1 Å². The Labute approximate surface area is 126 Å². The number of esters is 1. The quantitative estimate of drug-likeness (QED) is 0.390. The monoisotopic (exact) mass is 306 g/mol. The normalized spacial score (nSPS) is 15.8. The minimum Gasteiger partial charge on any atom is -0.459 e. The molecule has 0 bridgehead atoms. The molecule has 1 aromatic carbocycles. The molecule has 0 amide bonds. The van der Waals surface area contributed by atoms with E-state index in [4.69, 9.17) is 10.5 Å². The molecule has 0 atom stereocenters. The van der Waals surface area contributed by atoms with Gasteiger partial charge in [0, 0.05) is 15.5 Å². The van der Waals surface area contributed by atoms with Crippen LogP contribution in [0.1, 0.15) is 19.4 Å². The highest BCUT2D eigenvalue weighted by Crippen LogP contribution is 2.55. The van der Waals surface area contributed by atoms with Crippen molar-refractivity contribution in [1.29, 1.82) is 5.26 Å². The summed E-state index contributed by atoms with van der Waals surface area (Å²) in [5.41, 5.74) is 7.73. The van der Waals surface area contributed by atoms with Crippen molar-refractivity contribution in [3.05, 3.63) is 27.5 Å². The van der Waals surface area contributed by atoms with Crippen LogP contribution in [0.15, 0.2) is 31.7 Å². The lowest BCUT2D eigenvalue weighted by Crippen LogP contribution is -2.13. The van der Waals surface area contributed by atoms with Crippen molar-refractivity contribution >= 4 is 35.2 Å². The number of aryl methyl sites for hydroxylation is 1. The number of rotatable bonds is 2. The van der Waals surface area contributed by atoms with Gasteiger partial charge in [-0.05, 0) is 32.4 Å². The summed E-state index contributed by atoms with van der Waals surface area (Å²) >= 11 is 2.76. The summed E-state index contributed by atoms with van der Waals surface area (Å²) in [5, 5.41) is 9.22. The van der Waals surface area contributed by atoms with Crippen molar-refractivity contribution in [2.75, 3.05) is 5.73 Å². The molecular formula is C14H14N2O2S2. The molecule has 1 aliphatic rings. The summed E-state index contributed by atoms with van der Waals surface area (Å²) in [6, 6.07) is 5.72. The van der Waals surface area contributed by atoms with Crippen molar-refractivity contribution < 1.29 is 9.53 Å². The molecule has 104 valence electrons. The van der Waals surface area contributed by atoms with Gasteiger partial charge in [0.2, 0.25) is 0 Å². The second kappa shape index (κ2) is 5.81. The predicted molar refractivity (Wildman–Crippen MR) is 81.2 cm³/mol.